The Morgan fingerprint density at radius 1 is 0.811 bits per heavy atom. The predicted molar refractivity (Wildman–Crippen MR) is 155 cm³/mol. The van der Waals surface area contributed by atoms with Gasteiger partial charge >= 0.3 is 0 Å². The van der Waals surface area contributed by atoms with E-state index in [1.54, 1.807) is 0 Å². The Morgan fingerprint density at radius 3 is 2.38 bits per heavy atom. The first kappa shape index (κ1) is 22.8. The Kier molecular flexibility index (Phi) is 4.81. The van der Waals surface area contributed by atoms with E-state index in [9.17, 15) is 0 Å². The minimum Gasteiger partial charge on any atom is -0.455 e. The molecule has 7 rings (SSSR count). The standard InChI is InChI=1S/C35H36NO/c1-20-7-10-26-22(3)34-31(21(2)28(26)17-20)33-32-27(13-16-36(33)6)29-18-24(8-9-25(29)19-30(32)37-34)23-11-14-35(4,5)15-12-23/h7-10,13,16-19,23H,11-12,14-15H2,1-6H3/q+1. The number of hydrogen-bond acceptors (Lipinski definition) is 1. The van der Waals surface area contributed by atoms with Crippen LogP contribution in [0.2, 0.25) is 0 Å². The van der Waals surface area contributed by atoms with Crippen LogP contribution in [0.25, 0.3) is 43.6 Å². The molecule has 0 radical (unpaired) electrons. The summed E-state index contributed by atoms with van der Waals surface area (Å²) in [6.45, 7) is 11.5. The van der Waals surface area contributed by atoms with Gasteiger partial charge in [-0.15, -0.1) is 0 Å². The van der Waals surface area contributed by atoms with Crippen LogP contribution >= 0.6 is 0 Å². The molecular formula is C35H36NO+. The van der Waals surface area contributed by atoms with E-state index >= 15 is 0 Å². The summed E-state index contributed by atoms with van der Waals surface area (Å²) >= 11 is 0. The Hall–Kier alpha value is -3.39. The Bertz CT molecular complexity index is 1760. The van der Waals surface area contributed by atoms with Gasteiger partial charge in [0, 0.05) is 17.0 Å². The summed E-state index contributed by atoms with van der Waals surface area (Å²) in [6.07, 6.45) is 7.44. The maximum absolute atomic E-state index is 6.82. The third-order valence-corrected chi connectivity index (χ3v) is 9.41. The number of pyridine rings is 1. The summed E-state index contributed by atoms with van der Waals surface area (Å²) < 4.78 is 9.11. The van der Waals surface area contributed by atoms with Crippen LogP contribution in [0.15, 0.2) is 54.7 Å². The molecule has 2 heterocycles. The van der Waals surface area contributed by atoms with Gasteiger partial charge in [-0.05, 0) is 96.5 Å². The van der Waals surface area contributed by atoms with Crippen LogP contribution in [0.3, 0.4) is 0 Å². The predicted octanol–water partition coefficient (Wildman–Crippen LogP) is 9.35. The SMILES string of the molecule is Cc1ccc2c(C)c3c(c(C)c2c1)-c1c2c(cc4ccc(C5CCC(C)(C)CC5)cc4c2cc[n+]1C)O3. The molecule has 1 aromatic heterocycles. The Morgan fingerprint density at radius 2 is 1.59 bits per heavy atom. The third-order valence-electron chi connectivity index (χ3n) is 9.41. The maximum Gasteiger partial charge on any atom is 0.228 e. The van der Waals surface area contributed by atoms with E-state index in [0.29, 0.717) is 11.3 Å². The molecule has 37 heavy (non-hydrogen) atoms. The second kappa shape index (κ2) is 7.81. The topological polar surface area (TPSA) is 13.1 Å². The van der Waals surface area contributed by atoms with E-state index in [-0.39, 0.29) is 0 Å². The normalized spacial score (nSPS) is 16.8. The molecule has 0 saturated heterocycles. The second-order valence-corrected chi connectivity index (χ2v) is 12.5. The maximum atomic E-state index is 6.82. The number of ether oxygens (including phenoxy) is 1. The average molecular weight is 487 g/mol. The lowest BCUT2D eigenvalue weighted by atomic mass is 9.71. The van der Waals surface area contributed by atoms with E-state index in [1.807, 2.05) is 0 Å². The molecule has 1 fully saturated rings. The number of fused-ring (bicyclic) bond motifs is 5. The van der Waals surface area contributed by atoms with Crippen molar-refractivity contribution in [2.24, 2.45) is 12.5 Å². The summed E-state index contributed by atoms with van der Waals surface area (Å²) in [6, 6.07) is 18.5. The molecule has 0 N–H and O–H groups in total. The zero-order chi connectivity index (χ0) is 25.6. The van der Waals surface area contributed by atoms with E-state index in [1.165, 1.54) is 91.5 Å². The highest BCUT2D eigenvalue weighted by Crippen LogP contribution is 2.52. The molecule has 4 aromatic carbocycles. The fourth-order valence-corrected chi connectivity index (χ4v) is 7.07. The fourth-order valence-electron chi connectivity index (χ4n) is 7.07. The molecule has 2 aliphatic rings. The minimum absolute atomic E-state index is 0.485. The van der Waals surface area contributed by atoms with Crippen molar-refractivity contribution in [1.29, 1.82) is 0 Å². The van der Waals surface area contributed by atoms with E-state index in [2.05, 4.69) is 101 Å². The van der Waals surface area contributed by atoms with Crippen molar-refractivity contribution in [2.75, 3.05) is 0 Å². The van der Waals surface area contributed by atoms with Crippen molar-refractivity contribution in [1.82, 2.24) is 0 Å². The van der Waals surface area contributed by atoms with Crippen LogP contribution in [-0.4, -0.2) is 0 Å². The molecule has 5 aromatic rings. The molecule has 2 nitrogen and oxygen atoms in total. The highest BCUT2D eigenvalue weighted by Gasteiger charge is 2.33. The van der Waals surface area contributed by atoms with Crippen LogP contribution < -0.4 is 9.30 Å². The first-order valence-electron chi connectivity index (χ1n) is 13.8. The summed E-state index contributed by atoms with van der Waals surface area (Å²) in [5.41, 5.74) is 8.29. The average Bonchev–Trinajstić information content (AvgIpc) is 2.88. The van der Waals surface area contributed by atoms with Gasteiger partial charge in [-0.3, -0.25) is 0 Å². The highest BCUT2D eigenvalue weighted by molar-refractivity contribution is 6.16. The second-order valence-electron chi connectivity index (χ2n) is 12.5. The molecule has 186 valence electrons. The first-order valence-corrected chi connectivity index (χ1v) is 13.8. The van der Waals surface area contributed by atoms with Crippen molar-refractivity contribution in [2.45, 2.75) is 66.2 Å². The highest BCUT2D eigenvalue weighted by atomic mass is 16.5. The molecule has 1 saturated carbocycles. The number of aromatic nitrogens is 1. The van der Waals surface area contributed by atoms with Gasteiger partial charge in [-0.2, -0.15) is 0 Å². The lowest BCUT2D eigenvalue weighted by molar-refractivity contribution is -0.659. The van der Waals surface area contributed by atoms with Crippen LogP contribution in [0, 0.1) is 26.2 Å². The molecule has 1 aliphatic carbocycles. The van der Waals surface area contributed by atoms with Crippen LogP contribution in [0.1, 0.15) is 67.7 Å². The van der Waals surface area contributed by atoms with Crippen molar-refractivity contribution in [3.8, 4) is 22.8 Å². The molecule has 0 bridgehead atoms. The third kappa shape index (κ3) is 3.34. The van der Waals surface area contributed by atoms with Gasteiger partial charge in [0.2, 0.25) is 5.69 Å². The van der Waals surface area contributed by atoms with Gasteiger partial charge in [0.1, 0.15) is 18.5 Å². The molecule has 0 amide bonds. The lowest BCUT2D eigenvalue weighted by Gasteiger charge is -2.34. The van der Waals surface area contributed by atoms with Crippen LogP contribution in [0.5, 0.6) is 11.5 Å². The van der Waals surface area contributed by atoms with Crippen LogP contribution in [0.4, 0.5) is 0 Å². The number of nitrogens with zero attached hydrogens (tertiary/aromatic N) is 1. The van der Waals surface area contributed by atoms with Gasteiger partial charge in [0.05, 0.1) is 10.9 Å². The summed E-state index contributed by atoms with van der Waals surface area (Å²) in [5, 5.41) is 7.74. The summed E-state index contributed by atoms with van der Waals surface area (Å²) in [4.78, 5) is 0. The van der Waals surface area contributed by atoms with Crippen molar-refractivity contribution >= 4 is 32.3 Å². The summed E-state index contributed by atoms with van der Waals surface area (Å²) in [5.74, 6) is 2.64. The van der Waals surface area contributed by atoms with Gasteiger partial charge in [-0.25, -0.2) is 4.57 Å². The minimum atomic E-state index is 0.485. The van der Waals surface area contributed by atoms with Gasteiger partial charge in [0.25, 0.3) is 0 Å². The molecular weight excluding hydrogens is 450 g/mol. The van der Waals surface area contributed by atoms with E-state index in [0.717, 1.165) is 11.5 Å². The van der Waals surface area contributed by atoms with Gasteiger partial charge in [-0.1, -0.05) is 55.8 Å². The molecule has 0 atom stereocenters. The van der Waals surface area contributed by atoms with E-state index in [4.69, 9.17) is 4.74 Å². The largest absolute Gasteiger partial charge is 0.455 e. The van der Waals surface area contributed by atoms with Crippen molar-refractivity contribution in [3.05, 3.63) is 77.0 Å². The monoisotopic (exact) mass is 486 g/mol. The molecule has 0 unspecified atom stereocenters. The van der Waals surface area contributed by atoms with E-state index < -0.39 is 0 Å². The first-order chi connectivity index (χ1) is 17.7. The molecule has 0 spiro atoms. The number of hydrogen-bond donors (Lipinski definition) is 0. The Balaban J connectivity index is 1.50. The molecule has 2 heteroatoms. The van der Waals surface area contributed by atoms with Crippen LogP contribution in [-0.2, 0) is 7.05 Å². The van der Waals surface area contributed by atoms with Crippen molar-refractivity contribution in [3.63, 3.8) is 0 Å². The zero-order valence-electron chi connectivity index (χ0n) is 23.0. The molecule has 1 aliphatic heterocycles. The number of rotatable bonds is 1. The number of aryl methyl sites for hydroxylation is 4. The van der Waals surface area contributed by atoms with Gasteiger partial charge in [0.15, 0.2) is 6.20 Å². The quantitative estimate of drug-likeness (QED) is 0.167. The smallest absolute Gasteiger partial charge is 0.228 e. The summed E-state index contributed by atoms with van der Waals surface area (Å²) in [7, 11) is 2.17. The zero-order valence-corrected chi connectivity index (χ0v) is 23.0. The lowest BCUT2D eigenvalue weighted by Crippen LogP contribution is -2.32. The van der Waals surface area contributed by atoms with Gasteiger partial charge < -0.3 is 4.74 Å². The Labute approximate surface area is 219 Å². The van der Waals surface area contributed by atoms with Crippen molar-refractivity contribution < 1.29 is 9.30 Å². The fraction of sp³-hybridized carbons (Fsp3) is 0.343. The number of benzene rings is 4.